The quantitative estimate of drug-likeness (QED) is 0.655. The average Bonchev–Trinajstić information content (AvgIpc) is 3.31. The number of benzene rings is 1. The Hall–Kier alpha value is -1.02. The van der Waals surface area contributed by atoms with Crippen molar-refractivity contribution in [1.29, 1.82) is 0 Å². The van der Waals surface area contributed by atoms with Crippen LogP contribution in [-0.4, -0.2) is 25.6 Å². The minimum Gasteiger partial charge on any atom is -0.493 e. The second-order valence-electron chi connectivity index (χ2n) is 6.82. The first-order valence-corrected chi connectivity index (χ1v) is 8.92. The molecule has 1 aliphatic carbocycles. The lowest BCUT2D eigenvalue weighted by molar-refractivity contribution is 0.219. The molecule has 1 aromatic rings. The molecular formula is C20H35NO. The molecule has 1 unspecified atom stereocenters. The van der Waals surface area contributed by atoms with E-state index in [-0.39, 0.29) is 0 Å². The third-order valence-corrected chi connectivity index (χ3v) is 4.14. The van der Waals surface area contributed by atoms with Gasteiger partial charge in [0, 0.05) is 6.04 Å². The maximum atomic E-state index is 5.80. The summed E-state index contributed by atoms with van der Waals surface area (Å²) in [5.74, 6) is 2.49. The molecule has 1 fully saturated rings. The van der Waals surface area contributed by atoms with Crippen molar-refractivity contribution in [1.82, 2.24) is 4.90 Å². The van der Waals surface area contributed by atoms with Crippen molar-refractivity contribution in [2.24, 2.45) is 11.8 Å². The molecule has 126 valence electrons. The molecule has 0 bridgehead atoms. The molecule has 1 aliphatic rings. The van der Waals surface area contributed by atoms with Crippen LogP contribution in [0.15, 0.2) is 24.3 Å². The monoisotopic (exact) mass is 305 g/mol. The zero-order chi connectivity index (χ0) is 16.5. The molecule has 2 rings (SSSR count). The number of ether oxygens (including phenoxy) is 1. The first kappa shape index (κ1) is 19.0. The van der Waals surface area contributed by atoms with Crippen LogP contribution >= 0.6 is 0 Å². The summed E-state index contributed by atoms with van der Waals surface area (Å²) < 4.78 is 5.80. The molecule has 0 amide bonds. The zero-order valence-electron chi connectivity index (χ0n) is 15.4. The molecule has 1 aromatic carbocycles. The van der Waals surface area contributed by atoms with Crippen molar-refractivity contribution in [2.45, 2.75) is 59.4 Å². The fraction of sp³-hybridized carbons (Fsp3) is 0.700. The molecule has 22 heavy (non-hydrogen) atoms. The van der Waals surface area contributed by atoms with Crippen molar-refractivity contribution in [3.63, 3.8) is 0 Å². The van der Waals surface area contributed by atoms with Gasteiger partial charge in [0.2, 0.25) is 0 Å². The van der Waals surface area contributed by atoms with Gasteiger partial charge < -0.3 is 9.64 Å². The molecule has 0 radical (unpaired) electrons. The minimum atomic E-state index is 0.488. The molecule has 2 nitrogen and oxygen atoms in total. The Labute approximate surface area is 137 Å². The first-order chi connectivity index (χ1) is 10.5. The standard InChI is InChI=1S/C17H27NO.C3H8/c1-5-13(2)17(18(3)4)15-8-10-16(11-9-15)19-12-14-6-7-14;1-3-2/h8-11,13-14,17H,5-7,12H2,1-4H3;3H2,1-2H3/t13-,17?;/m1./s1. The highest BCUT2D eigenvalue weighted by Gasteiger charge is 2.22. The highest BCUT2D eigenvalue weighted by Crippen LogP contribution is 2.31. The van der Waals surface area contributed by atoms with E-state index in [1.54, 1.807) is 0 Å². The average molecular weight is 306 g/mol. The third kappa shape index (κ3) is 6.39. The van der Waals surface area contributed by atoms with Gasteiger partial charge in [-0.3, -0.25) is 0 Å². The van der Waals surface area contributed by atoms with Crippen molar-refractivity contribution in [3.05, 3.63) is 29.8 Å². The van der Waals surface area contributed by atoms with Crippen LogP contribution in [0.25, 0.3) is 0 Å². The van der Waals surface area contributed by atoms with E-state index in [9.17, 15) is 0 Å². The van der Waals surface area contributed by atoms with Crippen LogP contribution in [0, 0.1) is 11.8 Å². The topological polar surface area (TPSA) is 12.5 Å². The Morgan fingerprint density at radius 2 is 1.64 bits per heavy atom. The Balaban J connectivity index is 0.000000745. The predicted octanol–water partition coefficient (Wildman–Crippen LogP) is 5.54. The van der Waals surface area contributed by atoms with Crippen LogP contribution < -0.4 is 4.74 Å². The fourth-order valence-corrected chi connectivity index (χ4v) is 2.62. The van der Waals surface area contributed by atoms with Gasteiger partial charge in [-0.2, -0.15) is 0 Å². The predicted molar refractivity (Wildman–Crippen MR) is 96.5 cm³/mol. The molecule has 2 heteroatoms. The number of hydrogen-bond donors (Lipinski definition) is 0. The Kier molecular flexibility index (Phi) is 8.55. The molecular weight excluding hydrogens is 270 g/mol. The molecule has 0 heterocycles. The van der Waals surface area contributed by atoms with Crippen molar-refractivity contribution in [3.8, 4) is 5.75 Å². The van der Waals surface area contributed by atoms with E-state index < -0.39 is 0 Å². The van der Waals surface area contributed by atoms with Crippen LogP contribution in [0.4, 0.5) is 0 Å². The Morgan fingerprint density at radius 1 is 1.09 bits per heavy atom. The van der Waals surface area contributed by atoms with E-state index in [4.69, 9.17) is 4.74 Å². The van der Waals surface area contributed by atoms with Crippen LogP contribution in [0.2, 0.25) is 0 Å². The van der Waals surface area contributed by atoms with E-state index in [0.717, 1.165) is 18.3 Å². The summed E-state index contributed by atoms with van der Waals surface area (Å²) in [7, 11) is 4.32. The Bertz CT molecular complexity index is 395. The summed E-state index contributed by atoms with van der Waals surface area (Å²) in [5.41, 5.74) is 1.39. The molecule has 0 aliphatic heterocycles. The second kappa shape index (κ2) is 9.89. The largest absolute Gasteiger partial charge is 0.493 e. The Morgan fingerprint density at radius 3 is 2.05 bits per heavy atom. The molecule has 0 aromatic heterocycles. The number of hydrogen-bond acceptors (Lipinski definition) is 2. The van der Waals surface area contributed by atoms with Gasteiger partial charge in [0.05, 0.1) is 6.61 Å². The molecule has 2 atom stereocenters. The lowest BCUT2D eigenvalue weighted by Crippen LogP contribution is -2.25. The SMILES string of the molecule is CCC.CC[C@@H](C)C(c1ccc(OCC2CC2)cc1)N(C)C. The fourth-order valence-electron chi connectivity index (χ4n) is 2.62. The van der Waals surface area contributed by atoms with Crippen molar-refractivity contribution in [2.75, 3.05) is 20.7 Å². The summed E-state index contributed by atoms with van der Waals surface area (Å²) in [5, 5.41) is 0. The van der Waals surface area contributed by atoms with Crippen LogP contribution in [0.3, 0.4) is 0 Å². The maximum absolute atomic E-state index is 5.80. The summed E-state index contributed by atoms with van der Waals surface area (Å²) in [6, 6.07) is 9.17. The number of rotatable bonds is 7. The zero-order valence-corrected chi connectivity index (χ0v) is 15.4. The van der Waals surface area contributed by atoms with Gasteiger partial charge >= 0.3 is 0 Å². The molecule has 0 N–H and O–H groups in total. The van der Waals surface area contributed by atoms with E-state index >= 15 is 0 Å². The van der Waals surface area contributed by atoms with Gasteiger partial charge in [0.25, 0.3) is 0 Å². The van der Waals surface area contributed by atoms with Gasteiger partial charge in [0.1, 0.15) is 5.75 Å². The van der Waals surface area contributed by atoms with Gasteiger partial charge in [-0.25, -0.2) is 0 Å². The van der Waals surface area contributed by atoms with Gasteiger partial charge in [-0.15, -0.1) is 0 Å². The van der Waals surface area contributed by atoms with E-state index in [1.807, 2.05) is 0 Å². The van der Waals surface area contributed by atoms with Crippen LogP contribution in [0.5, 0.6) is 5.75 Å². The normalized spacial score (nSPS) is 16.7. The van der Waals surface area contributed by atoms with E-state index in [0.29, 0.717) is 12.0 Å². The highest BCUT2D eigenvalue weighted by molar-refractivity contribution is 5.29. The lowest BCUT2D eigenvalue weighted by Gasteiger charge is -2.30. The summed E-state index contributed by atoms with van der Waals surface area (Å²) in [6.45, 7) is 9.72. The molecule has 1 saturated carbocycles. The van der Waals surface area contributed by atoms with Gasteiger partial charge in [-0.05, 0) is 56.5 Å². The van der Waals surface area contributed by atoms with E-state index in [1.165, 1.54) is 31.2 Å². The maximum Gasteiger partial charge on any atom is 0.119 e. The van der Waals surface area contributed by atoms with Gasteiger partial charge in [-0.1, -0.05) is 52.7 Å². The highest BCUT2D eigenvalue weighted by atomic mass is 16.5. The summed E-state index contributed by atoms with van der Waals surface area (Å²) >= 11 is 0. The van der Waals surface area contributed by atoms with Gasteiger partial charge in [0.15, 0.2) is 0 Å². The second-order valence-corrected chi connectivity index (χ2v) is 6.82. The minimum absolute atomic E-state index is 0.488. The summed E-state index contributed by atoms with van der Waals surface area (Å²) in [6.07, 6.45) is 5.13. The first-order valence-electron chi connectivity index (χ1n) is 8.92. The van der Waals surface area contributed by atoms with E-state index in [2.05, 4.69) is 71.0 Å². The van der Waals surface area contributed by atoms with Crippen molar-refractivity contribution < 1.29 is 4.74 Å². The number of nitrogens with zero attached hydrogens (tertiary/aromatic N) is 1. The molecule has 0 spiro atoms. The lowest BCUT2D eigenvalue weighted by atomic mass is 9.91. The third-order valence-electron chi connectivity index (χ3n) is 4.14. The van der Waals surface area contributed by atoms with Crippen LogP contribution in [-0.2, 0) is 0 Å². The summed E-state index contributed by atoms with van der Waals surface area (Å²) in [4.78, 5) is 2.31. The van der Waals surface area contributed by atoms with Crippen LogP contribution in [0.1, 0.15) is 65.0 Å². The molecule has 0 saturated heterocycles. The van der Waals surface area contributed by atoms with Crippen molar-refractivity contribution >= 4 is 0 Å². The smallest absolute Gasteiger partial charge is 0.119 e.